The Morgan fingerprint density at radius 2 is 1.78 bits per heavy atom. The molecule has 0 bridgehead atoms. The van der Waals surface area contributed by atoms with E-state index in [1.165, 1.54) is 5.69 Å². The first-order chi connectivity index (χ1) is 15.0. The SMILES string of the molecule is Cc1c(C=CCN2CCN(c3ccccc3)CC2)cnn1-c1cc(N(C)C)nc(N)n1.Cl. The molecule has 0 atom stereocenters. The number of hydrogen-bond donors (Lipinski definition) is 1. The summed E-state index contributed by atoms with van der Waals surface area (Å²) >= 11 is 0. The molecule has 2 aromatic heterocycles. The Kier molecular flexibility index (Phi) is 7.71. The smallest absolute Gasteiger partial charge is 0.224 e. The van der Waals surface area contributed by atoms with Crippen molar-refractivity contribution in [1.82, 2.24) is 24.6 Å². The lowest BCUT2D eigenvalue weighted by molar-refractivity contribution is 0.284. The predicted molar refractivity (Wildman–Crippen MR) is 134 cm³/mol. The maximum atomic E-state index is 5.89. The minimum Gasteiger partial charge on any atom is -0.369 e. The average molecular weight is 455 g/mol. The molecule has 3 aromatic rings. The van der Waals surface area contributed by atoms with Crippen LogP contribution >= 0.6 is 12.4 Å². The van der Waals surface area contributed by atoms with E-state index in [0.29, 0.717) is 5.82 Å². The number of halogens is 1. The van der Waals surface area contributed by atoms with Crippen LogP contribution in [0.15, 0.2) is 48.7 Å². The minimum atomic E-state index is 0. The monoisotopic (exact) mass is 454 g/mol. The number of para-hydroxylation sites is 1. The van der Waals surface area contributed by atoms with Crippen LogP contribution < -0.4 is 15.5 Å². The minimum absolute atomic E-state index is 0. The Morgan fingerprint density at radius 1 is 1.06 bits per heavy atom. The van der Waals surface area contributed by atoms with Gasteiger partial charge < -0.3 is 15.5 Å². The number of hydrogen-bond acceptors (Lipinski definition) is 7. The van der Waals surface area contributed by atoms with Crippen molar-refractivity contribution in [2.75, 3.05) is 62.4 Å². The van der Waals surface area contributed by atoms with Crippen LogP contribution in [0.3, 0.4) is 0 Å². The summed E-state index contributed by atoms with van der Waals surface area (Å²) in [7, 11) is 3.85. The number of nitrogens with zero attached hydrogens (tertiary/aromatic N) is 7. The first-order valence-corrected chi connectivity index (χ1v) is 10.6. The third kappa shape index (κ3) is 5.38. The van der Waals surface area contributed by atoms with Gasteiger partial charge in [-0.2, -0.15) is 15.1 Å². The fourth-order valence-corrected chi connectivity index (χ4v) is 3.75. The molecule has 1 aromatic carbocycles. The van der Waals surface area contributed by atoms with E-state index in [0.717, 1.165) is 49.8 Å². The van der Waals surface area contributed by atoms with Crippen molar-refractivity contribution >= 4 is 35.9 Å². The summed E-state index contributed by atoms with van der Waals surface area (Å²) in [5.74, 6) is 1.66. The zero-order chi connectivity index (χ0) is 21.8. The number of nitrogen functional groups attached to an aromatic ring is 1. The van der Waals surface area contributed by atoms with Gasteiger partial charge in [-0.05, 0) is 19.1 Å². The van der Waals surface area contributed by atoms with Crippen LogP contribution in [0, 0.1) is 6.92 Å². The van der Waals surface area contributed by atoms with Gasteiger partial charge in [0.1, 0.15) is 5.82 Å². The van der Waals surface area contributed by atoms with Gasteiger partial charge in [-0.1, -0.05) is 30.4 Å². The quantitative estimate of drug-likeness (QED) is 0.613. The maximum Gasteiger partial charge on any atom is 0.224 e. The van der Waals surface area contributed by atoms with E-state index in [-0.39, 0.29) is 18.4 Å². The van der Waals surface area contributed by atoms with Crippen LogP contribution in [0.4, 0.5) is 17.5 Å². The van der Waals surface area contributed by atoms with Gasteiger partial charge in [0.05, 0.1) is 11.9 Å². The highest BCUT2D eigenvalue weighted by molar-refractivity contribution is 5.85. The first kappa shape index (κ1) is 23.6. The molecule has 0 amide bonds. The molecule has 170 valence electrons. The van der Waals surface area contributed by atoms with Crippen molar-refractivity contribution in [3.05, 3.63) is 59.9 Å². The van der Waals surface area contributed by atoms with E-state index in [1.54, 1.807) is 0 Å². The molecule has 9 heteroatoms. The molecule has 0 unspecified atom stereocenters. The number of benzene rings is 1. The lowest BCUT2D eigenvalue weighted by Crippen LogP contribution is -2.46. The van der Waals surface area contributed by atoms with Crippen LogP contribution in [0.1, 0.15) is 11.3 Å². The molecule has 4 rings (SSSR count). The number of anilines is 3. The maximum absolute atomic E-state index is 5.89. The summed E-state index contributed by atoms with van der Waals surface area (Å²) < 4.78 is 1.81. The fourth-order valence-electron chi connectivity index (χ4n) is 3.75. The van der Waals surface area contributed by atoms with Crippen molar-refractivity contribution in [3.8, 4) is 5.82 Å². The van der Waals surface area contributed by atoms with Gasteiger partial charge >= 0.3 is 0 Å². The molecule has 3 heterocycles. The van der Waals surface area contributed by atoms with Crippen LogP contribution in [0.25, 0.3) is 11.9 Å². The molecule has 0 aliphatic carbocycles. The number of nitrogens with two attached hydrogens (primary N) is 1. The van der Waals surface area contributed by atoms with Gasteiger partial charge in [-0.25, -0.2) is 4.68 Å². The van der Waals surface area contributed by atoms with Gasteiger partial charge in [-0.3, -0.25) is 4.90 Å². The van der Waals surface area contributed by atoms with E-state index in [1.807, 2.05) is 42.9 Å². The largest absolute Gasteiger partial charge is 0.369 e. The Bertz CT molecular complexity index is 1040. The van der Waals surface area contributed by atoms with Crippen LogP contribution in [0.2, 0.25) is 0 Å². The molecule has 0 saturated carbocycles. The predicted octanol–water partition coefficient (Wildman–Crippen LogP) is 2.88. The van der Waals surface area contributed by atoms with Gasteiger partial charge in [-0.15, -0.1) is 12.4 Å². The third-order valence-corrected chi connectivity index (χ3v) is 5.59. The van der Waals surface area contributed by atoms with Crippen molar-refractivity contribution in [2.24, 2.45) is 0 Å². The van der Waals surface area contributed by atoms with Crippen LogP contribution in [0.5, 0.6) is 0 Å². The lowest BCUT2D eigenvalue weighted by Gasteiger charge is -2.35. The number of aromatic nitrogens is 4. The topological polar surface area (TPSA) is 79.3 Å². The van der Waals surface area contributed by atoms with E-state index in [2.05, 4.69) is 67.4 Å². The normalized spacial score (nSPS) is 14.5. The summed E-state index contributed by atoms with van der Waals surface area (Å²) in [5.41, 5.74) is 9.29. The standard InChI is InChI=1S/C23H30N8.ClH/c1-18-19(17-25-31(18)22-16-21(28(2)3)26-23(24)27-22)8-7-11-29-12-14-30(15-13-29)20-9-5-4-6-10-20;/h4-10,16-17H,11-15H2,1-3H3,(H2,24,26,27);1H. The Balaban J connectivity index is 0.00000289. The Hall–Kier alpha value is -3.10. The summed E-state index contributed by atoms with van der Waals surface area (Å²) in [5, 5.41) is 4.52. The van der Waals surface area contributed by atoms with Crippen LogP contribution in [-0.4, -0.2) is 71.5 Å². The van der Waals surface area contributed by atoms with Gasteiger partial charge in [0.15, 0.2) is 5.82 Å². The lowest BCUT2D eigenvalue weighted by atomic mass is 10.2. The molecule has 2 N–H and O–H groups in total. The highest BCUT2D eigenvalue weighted by Gasteiger charge is 2.16. The Labute approximate surface area is 195 Å². The molecule has 1 fully saturated rings. The van der Waals surface area contributed by atoms with Gasteiger partial charge in [0.25, 0.3) is 0 Å². The molecule has 1 aliphatic rings. The molecule has 0 spiro atoms. The van der Waals surface area contributed by atoms with E-state index < -0.39 is 0 Å². The van der Waals surface area contributed by atoms with E-state index in [4.69, 9.17) is 5.73 Å². The second-order valence-electron chi connectivity index (χ2n) is 7.96. The van der Waals surface area contributed by atoms with Crippen molar-refractivity contribution in [3.63, 3.8) is 0 Å². The summed E-state index contributed by atoms with van der Waals surface area (Å²) in [4.78, 5) is 15.4. The number of rotatable bonds is 6. The van der Waals surface area contributed by atoms with Crippen molar-refractivity contribution < 1.29 is 0 Å². The molecule has 0 radical (unpaired) electrons. The van der Waals surface area contributed by atoms with Crippen LogP contribution in [-0.2, 0) is 0 Å². The molecule has 1 saturated heterocycles. The molecule has 8 nitrogen and oxygen atoms in total. The molecule has 32 heavy (non-hydrogen) atoms. The second kappa shape index (κ2) is 10.5. The number of piperazine rings is 1. The second-order valence-corrected chi connectivity index (χ2v) is 7.96. The Morgan fingerprint density at radius 3 is 2.47 bits per heavy atom. The highest BCUT2D eigenvalue weighted by atomic mass is 35.5. The summed E-state index contributed by atoms with van der Waals surface area (Å²) in [6.45, 7) is 7.20. The van der Waals surface area contributed by atoms with Crippen molar-refractivity contribution in [2.45, 2.75) is 6.92 Å². The first-order valence-electron chi connectivity index (χ1n) is 10.6. The zero-order valence-corrected chi connectivity index (χ0v) is 19.7. The van der Waals surface area contributed by atoms with Gasteiger partial charge in [0.2, 0.25) is 5.95 Å². The fraction of sp³-hybridized carbons (Fsp3) is 0.348. The highest BCUT2D eigenvalue weighted by Crippen LogP contribution is 2.19. The van der Waals surface area contributed by atoms with Crippen molar-refractivity contribution in [1.29, 1.82) is 0 Å². The molecular weight excluding hydrogens is 424 g/mol. The average Bonchev–Trinajstić information content (AvgIpc) is 3.15. The van der Waals surface area contributed by atoms with E-state index in [9.17, 15) is 0 Å². The third-order valence-electron chi connectivity index (χ3n) is 5.59. The zero-order valence-electron chi connectivity index (χ0n) is 18.8. The van der Waals surface area contributed by atoms with Gasteiger partial charge in [0, 0.05) is 64.1 Å². The van der Waals surface area contributed by atoms with E-state index >= 15 is 0 Å². The molecule has 1 aliphatic heterocycles. The summed E-state index contributed by atoms with van der Waals surface area (Å²) in [6.07, 6.45) is 6.22. The summed E-state index contributed by atoms with van der Waals surface area (Å²) in [6, 6.07) is 12.5. The molecular formula is C23H31ClN8.